The van der Waals surface area contributed by atoms with Crippen LogP contribution in [0.4, 0.5) is 0 Å². The average Bonchev–Trinajstić information content (AvgIpc) is 3.16. The fourth-order valence-electron chi connectivity index (χ4n) is 3.53. The highest BCUT2D eigenvalue weighted by Crippen LogP contribution is 2.34. The van der Waals surface area contributed by atoms with Gasteiger partial charge in [-0.15, -0.1) is 0 Å². The van der Waals surface area contributed by atoms with Gasteiger partial charge in [-0.1, -0.05) is 48.5 Å². The molecular formula is C23H29ClN2O3. The molecule has 1 aliphatic rings. The number of hydrogen-bond acceptors (Lipinski definition) is 3. The SMILES string of the molecule is C=C(/C=C(Cl)\C(=C/C)OC(C)C)C(=O)N1CC[C@H](c2ccccc2)[C@H]1C(=O)NC. The molecule has 1 heterocycles. The maximum atomic E-state index is 13.1. The molecular weight excluding hydrogens is 388 g/mol. The summed E-state index contributed by atoms with van der Waals surface area (Å²) in [5.41, 5.74) is 1.25. The van der Waals surface area contributed by atoms with E-state index in [9.17, 15) is 9.59 Å². The van der Waals surface area contributed by atoms with Crippen LogP contribution in [-0.2, 0) is 14.3 Å². The molecule has 1 saturated heterocycles. The first kappa shape index (κ1) is 22.8. The molecule has 0 aromatic heterocycles. The van der Waals surface area contributed by atoms with Crippen LogP contribution in [0.2, 0.25) is 0 Å². The Bertz CT molecular complexity index is 815. The lowest BCUT2D eigenvalue weighted by Crippen LogP contribution is -2.47. The van der Waals surface area contributed by atoms with Crippen LogP contribution in [0.25, 0.3) is 0 Å². The third kappa shape index (κ3) is 5.51. The first-order valence-electron chi connectivity index (χ1n) is 9.77. The van der Waals surface area contributed by atoms with E-state index in [-0.39, 0.29) is 29.4 Å². The van der Waals surface area contributed by atoms with Crippen LogP contribution in [0.5, 0.6) is 0 Å². The highest BCUT2D eigenvalue weighted by Gasteiger charge is 2.42. The molecule has 0 spiro atoms. The van der Waals surface area contributed by atoms with E-state index in [1.165, 1.54) is 6.08 Å². The second kappa shape index (κ2) is 10.3. The van der Waals surface area contributed by atoms with Crippen molar-refractivity contribution in [2.45, 2.75) is 45.3 Å². The minimum absolute atomic E-state index is 0.0461. The van der Waals surface area contributed by atoms with E-state index >= 15 is 0 Å². The summed E-state index contributed by atoms with van der Waals surface area (Å²) in [6.07, 6.45) is 3.90. The predicted octanol–water partition coefficient (Wildman–Crippen LogP) is 4.12. The number of halogens is 1. The van der Waals surface area contributed by atoms with Gasteiger partial charge in [0.05, 0.1) is 11.1 Å². The van der Waals surface area contributed by atoms with Crippen LogP contribution in [0, 0.1) is 0 Å². The molecule has 29 heavy (non-hydrogen) atoms. The van der Waals surface area contributed by atoms with Gasteiger partial charge in [0.2, 0.25) is 5.91 Å². The Labute approximate surface area is 178 Å². The lowest BCUT2D eigenvalue weighted by Gasteiger charge is -2.27. The minimum atomic E-state index is -0.591. The third-order valence-corrected chi connectivity index (χ3v) is 5.13. The van der Waals surface area contributed by atoms with Crippen molar-refractivity contribution in [2.24, 2.45) is 0 Å². The maximum absolute atomic E-state index is 13.1. The van der Waals surface area contributed by atoms with Crippen molar-refractivity contribution in [3.63, 3.8) is 0 Å². The molecule has 0 radical (unpaired) electrons. The van der Waals surface area contributed by atoms with Gasteiger partial charge in [-0.3, -0.25) is 9.59 Å². The zero-order valence-electron chi connectivity index (χ0n) is 17.4. The number of benzene rings is 1. The zero-order valence-corrected chi connectivity index (χ0v) is 18.2. The molecule has 0 bridgehead atoms. The summed E-state index contributed by atoms with van der Waals surface area (Å²) in [6, 6.07) is 9.20. The first-order valence-corrected chi connectivity index (χ1v) is 10.1. The highest BCUT2D eigenvalue weighted by atomic mass is 35.5. The van der Waals surface area contributed by atoms with Gasteiger partial charge in [-0.25, -0.2) is 0 Å². The van der Waals surface area contributed by atoms with Crippen molar-refractivity contribution in [1.29, 1.82) is 0 Å². The topological polar surface area (TPSA) is 58.6 Å². The van der Waals surface area contributed by atoms with Crippen molar-refractivity contribution in [3.05, 3.63) is 71.0 Å². The van der Waals surface area contributed by atoms with E-state index in [4.69, 9.17) is 16.3 Å². The summed E-state index contributed by atoms with van der Waals surface area (Å²) < 4.78 is 5.65. The number of nitrogens with one attached hydrogen (secondary N) is 1. The molecule has 1 aliphatic heterocycles. The van der Waals surface area contributed by atoms with Gasteiger partial charge in [-0.2, -0.15) is 0 Å². The van der Waals surface area contributed by atoms with Crippen LogP contribution in [0.15, 0.2) is 65.4 Å². The number of carbonyl (C=O) groups is 2. The Morgan fingerprint density at radius 2 is 1.97 bits per heavy atom. The maximum Gasteiger partial charge on any atom is 0.254 e. The molecule has 0 aliphatic carbocycles. The largest absolute Gasteiger partial charge is 0.490 e. The van der Waals surface area contributed by atoms with Crippen LogP contribution >= 0.6 is 11.6 Å². The molecule has 6 heteroatoms. The van der Waals surface area contributed by atoms with Gasteiger partial charge in [0.25, 0.3) is 5.91 Å². The number of likely N-dealkylation sites (N-methyl/N-ethyl adjacent to an activating group) is 1. The molecule has 5 nitrogen and oxygen atoms in total. The van der Waals surface area contributed by atoms with Gasteiger partial charge in [0.1, 0.15) is 11.8 Å². The lowest BCUT2D eigenvalue weighted by molar-refractivity contribution is -0.135. The summed E-state index contributed by atoms with van der Waals surface area (Å²) in [5, 5.41) is 2.99. The number of ether oxygens (including phenoxy) is 1. The first-order chi connectivity index (χ1) is 13.8. The molecule has 1 fully saturated rings. The van der Waals surface area contributed by atoms with Crippen LogP contribution in [0.3, 0.4) is 0 Å². The summed E-state index contributed by atoms with van der Waals surface area (Å²) in [7, 11) is 1.58. The number of likely N-dealkylation sites (tertiary alicyclic amines) is 1. The Kier molecular flexibility index (Phi) is 8.09. The average molecular weight is 417 g/mol. The number of rotatable bonds is 7. The Morgan fingerprint density at radius 3 is 2.52 bits per heavy atom. The number of amides is 2. The van der Waals surface area contributed by atoms with Crippen molar-refractivity contribution in [3.8, 4) is 0 Å². The van der Waals surface area contributed by atoms with E-state index in [0.717, 1.165) is 5.56 Å². The summed E-state index contributed by atoms with van der Waals surface area (Å²) in [4.78, 5) is 27.3. The van der Waals surface area contributed by atoms with E-state index in [2.05, 4.69) is 11.9 Å². The van der Waals surface area contributed by atoms with Gasteiger partial charge in [0, 0.05) is 25.1 Å². The summed E-state index contributed by atoms with van der Waals surface area (Å²) in [5.74, 6) is -0.0789. The standard InChI is InChI=1S/C23H29ClN2O3/c1-6-20(29-15(2)3)19(24)14-16(4)23(28)26-13-12-18(21(26)22(27)25-5)17-10-8-7-9-11-17/h6-11,14-15,18,21H,4,12-13H2,1-3,5H3,(H,25,27)/b19-14+,20-6+/t18-,21+/m1/s1. The van der Waals surface area contributed by atoms with Crippen molar-refractivity contribution < 1.29 is 14.3 Å². The van der Waals surface area contributed by atoms with E-state index in [0.29, 0.717) is 23.8 Å². The fraction of sp³-hybridized carbons (Fsp3) is 0.391. The normalized spacial score (nSPS) is 20.0. The number of nitrogens with zero attached hydrogens (tertiary/aromatic N) is 1. The Hall–Kier alpha value is -2.53. The third-order valence-electron chi connectivity index (χ3n) is 4.84. The van der Waals surface area contributed by atoms with Crippen LogP contribution in [0.1, 0.15) is 38.7 Å². The monoisotopic (exact) mass is 416 g/mol. The number of hydrogen-bond donors (Lipinski definition) is 1. The molecule has 1 aromatic carbocycles. The quantitative estimate of drug-likeness (QED) is 0.413. The van der Waals surface area contributed by atoms with E-state index in [1.54, 1.807) is 18.0 Å². The van der Waals surface area contributed by atoms with E-state index in [1.807, 2.05) is 51.1 Å². The molecule has 156 valence electrons. The summed E-state index contributed by atoms with van der Waals surface area (Å²) in [6.45, 7) is 9.97. The van der Waals surface area contributed by atoms with Gasteiger partial charge >= 0.3 is 0 Å². The second-order valence-electron chi connectivity index (χ2n) is 7.20. The van der Waals surface area contributed by atoms with Gasteiger partial charge in [0.15, 0.2) is 0 Å². The number of allylic oxidation sites excluding steroid dienone is 2. The minimum Gasteiger partial charge on any atom is -0.490 e. The molecule has 0 unspecified atom stereocenters. The molecule has 2 rings (SSSR count). The smallest absolute Gasteiger partial charge is 0.254 e. The predicted molar refractivity (Wildman–Crippen MR) is 116 cm³/mol. The van der Waals surface area contributed by atoms with Crippen LogP contribution in [-0.4, -0.2) is 42.5 Å². The Balaban J connectivity index is 2.25. The second-order valence-corrected chi connectivity index (χ2v) is 7.61. The fourth-order valence-corrected chi connectivity index (χ4v) is 3.81. The Morgan fingerprint density at radius 1 is 1.31 bits per heavy atom. The molecule has 2 atom stereocenters. The van der Waals surface area contributed by atoms with Gasteiger partial charge in [-0.05, 0) is 44.9 Å². The molecule has 1 N–H and O–H groups in total. The van der Waals surface area contributed by atoms with Crippen molar-refractivity contribution >= 4 is 23.4 Å². The van der Waals surface area contributed by atoms with Crippen molar-refractivity contribution in [1.82, 2.24) is 10.2 Å². The summed E-state index contributed by atoms with van der Waals surface area (Å²) >= 11 is 6.34. The van der Waals surface area contributed by atoms with Gasteiger partial charge < -0.3 is 15.0 Å². The molecule has 0 saturated carbocycles. The van der Waals surface area contributed by atoms with E-state index < -0.39 is 6.04 Å². The molecule has 2 amide bonds. The molecule has 1 aromatic rings. The highest BCUT2D eigenvalue weighted by molar-refractivity contribution is 6.32. The van der Waals surface area contributed by atoms with Crippen LogP contribution < -0.4 is 5.32 Å². The number of carbonyl (C=O) groups excluding carboxylic acids is 2. The lowest BCUT2D eigenvalue weighted by atomic mass is 9.91. The zero-order chi connectivity index (χ0) is 21.6. The van der Waals surface area contributed by atoms with Crippen molar-refractivity contribution in [2.75, 3.05) is 13.6 Å².